The molecule has 0 N–H and O–H groups in total. The summed E-state index contributed by atoms with van der Waals surface area (Å²) < 4.78 is 5.83. The molecule has 0 aromatic heterocycles. The Morgan fingerprint density at radius 2 is 1.89 bits per heavy atom. The van der Waals surface area contributed by atoms with E-state index in [-0.39, 0.29) is 18.2 Å². The monoisotopic (exact) mass is 366 g/mol. The molecule has 0 radical (unpaired) electrons. The first-order valence-corrected chi connectivity index (χ1v) is 9.30. The van der Waals surface area contributed by atoms with Crippen LogP contribution in [0.2, 0.25) is 0 Å². The number of benzene rings is 2. The van der Waals surface area contributed by atoms with E-state index in [0.29, 0.717) is 24.5 Å². The van der Waals surface area contributed by atoms with Gasteiger partial charge in [0.1, 0.15) is 5.75 Å². The predicted octanol–water partition coefficient (Wildman–Crippen LogP) is 3.94. The average molecular weight is 366 g/mol. The number of ether oxygens (including phenoxy) is 1. The summed E-state index contributed by atoms with van der Waals surface area (Å²) in [6.45, 7) is 8.38. The molecule has 1 aliphatic rings. The molecule has 142 valence electrons. The van der Waals surface area contributed by atoms with Crippen LogP contribution in [0, 0.1) is 6.92 Å². The molecule has 0 atom stereocenters. The van der Waals surface area contributed by atoms with Crippen LogP contribution in [-0.2, 0) is 9.59 Å². The standard InChI is InChI=1S/C22H26N2O3/c1-5-23(17-10-8-9-16(2)15-17)20(25)13-14-24-18-11-6-7-12-19(18)27-22(3,4)21(24)26/h6-12,15H,5,13-14H2,1-4H3. The van der Waals surface area contributed by atoms with Crippen molar-refractivity contribution < 1.29 is 14.3 Å². The number of hydrogen-bond donors (Lipinski definition) is 0. The van der Waals surface area contributed by atoms with Crippen molar-refractivity contribution >= 4 is 23.2 Å². The van der Waals surface area contributed by atoms with E-state index in [1.807, 2.05) is 62.4 Å². The predicted molar refractivity (Wildman–Crippen MR) is 107 cm³/mol. The lowest BCUT2D eigenvalue weighted by molar-refractivity contribution is -0.132. The van der Waals surface area contributed by atoms with Crippen LogP contribution in [-0.4, -0.2) is 30.5 Å². The van der Waals surface area contributed by atoms with Crippen molar-refractivity contribution in [1.82, 2.24) is 0 Å². The molecule has 2 aromatic carbocycles. The van der Waals surface area contributed by atoms with E-state index in [2.05, 4.69) is 0 Å². The van der Waals surface area contributed by atoms with E-state index in [9.17, 15) is 9.59 Å². The van der Waals surface area contributed by atoms with Gasteiger partial charge in [0, 0.05) is 25.2 Å². The van der Waals surface area contributed by atoms with Crippen LogP contribution in [0.4, 0.5) is 11.4 Å². The van der Waals surface area contributed by atoms with Crippen LogP contribution < -0.4 is 14.5 Å². The molecule has 5 heteroatoms. The Hall–Kier alpha value is -2.82. The third-order valence-corrected chi connectivity index (χ3v) is 4.76. The molecule has 0 spiro atoms. The summed E-state index contributed by atoms with van der Waals surface area (Å²) in [7, 11) is 0. The lowest BCUT2D eigenvalue weighted by atomic mass is 10.0. The highest BCUT2D eigenvalue weighted by Gasteiger charge is 2.40. The van der Waals surface area contributed by atoms with Crippen LogP contribution in [0.3, 0.4) is 0 Å². The zero-order valence-electron chi connectivity index (χ0n) is 16.4. The van der Waals surface area contributed by atoms with Gasteiger partial charge in [0.15, 0.2) is 5.60 Å². The molecule has 0 bridgehead atoms. The fourth-order valence-electron chi connectivity index (χ4n) is 3.38. The third-order valence-electron chi connectivity index (χ3n) is 4.76. The fraction of sp³-hybridized carbons (Fsp3) is 0.364. The van der Waals surface area contributed by atoms with E-state index >= 15 is 0 Å². The summed E-state index contributed by atoms with van der Waals surface area (Å²) in [4.78, 5) is 29.1. The first-order chi connectivity index (χ1) is 12.8. The molecule has 0 saturated heterocycles. The molecule has 0 fully saturated rings. The van der Waals surface area contributed by atoms with Gasteiger partial charge in [-0.05, 0) is 57.5 Å². The Balaban J connectivity index is 1.78. The number of para-hydroxylation sites is 2. The van der Waals surface area contributed by atoms with E-state index in [1.54, 1.807) is 23.6 Å². The summed E-state index contributed by atoms with van der Waals surface area (Å²) in [6, 6.07) is 15.3. The summed E-state index contributed by atoms with van der Waals surface area (Å²) in [5.41, 5.74) is 1.76. The third kappa shape index (κ3) is 3.82. The Kier molecular flexibility index (Phi) is 5.22. The van der Waals surface area contributed by atoms with Gasteiger partial charge in [-0.1, -0.05) is 24.3 Å². The normalized spacial score (nSPS) is 15.1. The Morgan fingerprint density at radius 3 is 2.59 bits per heavy atom. The lowest BCUT2D eigenvalue weighted by Gasteiger charge is -2.38. The number of anilines is 2. The van der Waals surface area contributed by atoms with Gasteiger partial charge in [-0.15, -0.1) is 0 Å². The largest absolute Gasteiger partial charge is 0.476 e. The number of rotatable bonds is 5. The van der Waals surface area contributed by atoms with Gasteiger partial charge in [0.25, 0.3) is 5.91 Å². The molecule has 0 aliphatic carbocycles. The van der Waals surface area contributed by atoms with Gasteiger partial charge in [0.05, 0.1) is 5.69 Å². The van der Waals surface area contributed by atoms with Gasteiger partial charge in [-0.2, -0.15) is 0 Å². The van der Waals surface area contributed by atoms with Gasteiger partial charge in [-0.25, -0.2) is 0 Å². The van der Waals surface area contributed by atoms with E-state index in [0.717, 1.165) is 11.3 Å². The minimum Gasteiger partial charge on any atom is -0.476 e. The smallest absolute Gasteiger partial charge is 0.270 e. The maximum Gasteiger partial charge on any atom is 0.270 e. The maximum absolute atomic E-state index is 12.9. The molecule has 3 rings (SSSR count). The second kappa shape index (κ2) is 7.43. The van der Waals surface area contributed by atoms with Crippen LogP contribution in [0.25, 0.3) is 0 Å². The minimum atomic E-state index is -0.946. The number of amides is 2. The zero-order chi connectivity index (χ0) is 19.6. The van der Waals surface area contributed by atoms with Gasteiger partial charge in [0.2, 0.25) is 5.91 Å². The number of nitrogens with zero attached hydrogens (tertiary/aromatic N) is 2. The van der Waals surface area contributed by atoms with E-state index < -0.39 is 5.60 Å². The van der Waals surface area contributed by atoms with E-state index in [4.69, 9.17) is 4.74 Å². The van der Waals surface area contributed by atoms with Crippen molar-refractivity contribution in [1.29, 1.82) is 0 Å². The molecule has 1 aliphatic heterocycles. The number of carbonyl (C=O) groups is 2. The van der Waals surface area contributed by atoms with Gasteiger partial charge >= 0.3 is 0 Å². The summed E-state index contributed by atoms with van der Waals surface area (Å²) in [5, 5.41) is 0. The molecule has 5 nitrogen and oxygen atoms in total. The Labute approximate surface area is 160 Å². The minimum absolute atomic E-state index is 0.00215. The second-order valence-electron chi connectivity index (χ2n) is 7.26. The quantitative estimate of drug-likeness (QED) is 0.805. The molecular weight excluding hydrogens is 340 g/mol. The molecule has 1 heterocycles. The average Bonchev–Trinajstić information content (AvgIpc) is 2.62. The number of hydrogen-bond acceptors (Lipinski definition) is 3. The molecule has 2 aromatic rings. The second-order valence-corrected chi connectivity index (χ2v) is 7.26. The van der Waals surface area contributed by atoms with Crippen molar-refractivity contribution in [3.8, 4) is 5.75 Å². The first kappa shape index (κ1) is 19.0. The van der Waals surface area contributed by atoms with Crippen molar-refractivity contribution in [2.24, 2.45) is 0 Å². The van der Waals surface area contributed by atoms with Crippen LogP contribution in [0.15, 0.2) is 48.5 Å². The van der Waals surface area contributed by atoms with Crippen LogP contribution in [0.1, 0.15) is 32.8 Å². The van der Waals surface area contributed by atoms with Crippen molar-refractivity contribution in [2.45, 2.75) is 39.7 Å². The Morgan fingerprint density at radius 1 is 1.15 bits per heavy atom. The van der Waals surface area contributed by atoms with Crippen LogP contribution >= 0.6 is 0 Å². The lowest BCUT2D eigenvalue weighted by Crippen LogP contribution is -2.53. The van der Waals surface area contributed by atoms with Gasteiger partial charge < -0.3 is 14.5 Å². The first-order valence-electron chi connectivity index (χ1n) is 9.30. The molecule has 2 amide bonds. The van der Waals surface area contributed by atoms with E-state index in [1.165, 1.54) is 0 Å². The van der Waals surface area contributed by atoms with Gasteiger partial charge in [-0.3, -0.25) is 9.59 Å². The SMILES string of the molecule is CCN(C(=O)CCN1C(=O)C(C)(C)Oc2ccccc21)c1cccc(C)c1. The van der Waals surface area contributed by atoms with Crippen LogP contribution in [0.5, 0.6) is 5.75 Å². The van der Waals surface area contributed by atoms with Crippen molar-refractivity contribution in [3.63, 3.8) is 0 Å². The molecule has 27 heavy (non-hydrogen) atoms. The van der Waals surface area contributed by atoms with Crippen molar-refractivity contribution in [2.75, 3.05) is 22.9 Å². The Bertz CT molecular complexity index is 860. The number of carbonyl (C=O) groups excluding carboxylic acids is 2. The molecular formula is C22H26N2O3. The maximum atomic E-state index is 12.9. The highest BCUT2D eigenvalue weighted by molar-refractivity contribution is 6.03. The fourth-order valence-corrected chi connectivity index (χ4v) is 3.38. The van der Waals surface area contributed by atoms with Crippen molar-refractivity contribution in [3.05, 3.63) is 54.1 Å². The summed E-state index contributed by atoms with van der Waals surface area (Å²) >= 11 is 0. The molecule has 0 saturated carbocycles. The highest BCUT2D eigenvalue weighted by atomic mass is 16.5. The molecule has 0 unspecified atom stereocenters. The summed E-state index contributed by atoms with van der Waals surface area (Å²) in [6.07, 6.45) is 0.248. The summed E-state index contributed by atoms with van der Waals surface area (Å²) in [5.74, 6) is 0.533. The number of aryl methyl sites for hydroxylation is 1. The highest BCUT2D eigenvalue weighted by Crippen LogP contribution is 2.37. The topological polar surface area (TPSA) is 49.9 Å². The zero-order valence-corrected chi connectivity index (χ0v) is 16.4. The number of fused-ring (bicyclic) bond motifs is 1.